The van der Waals surface area contributed by atoms with Gasteiger partial charge in [-0.1, -0.05) is 36.4 Å². The SMILES string of the molecule is N=C=S.O=[AsH](O)O.c1ccccc1. The maximum Gasteiger partial charge on any atom is -0.0623 e. The van der Waals surface area contributed by atoms with Crippen LogP contribution in [0.2, 0.25) is 0 Å². The predicted octanol–water partition coefficient (Wildman–Crippen LogP) is 0.473. The van der Waals surface area contributed by atoms with Gasteiger partial charge in [-0.25, -0.2) is 5.41 Å². The average molecular weight is 263 g/mol. The molecule has 0 saturated heterocycles. The zero-order valence-electron chi connectivity index (χ0n) is 6.68. The molecule has 0 aliphatic carbocycles. The molecule has 0 atom stereocenters. The first kappa shape index (κ1) is 14.8. The molecule has 0 bridgehead atoms. The topological polar surface area (TPSA) is 81.4 Å². The predicted molar refractivity (Wildman–Crippen MR) is 54.0 cm³/mol. The van der Waals surface area contributed by atoms with Crippen LogP contribution in [-0.4, -0.2) is 28.6 Å². The summed E-state index contributed by atoms with van der Waals surface area (Å²) >= 11 is 0.227. The number of isothiocyanates is 1. The molecular weight excluding hydrogens is 253 g/mol. The van der Waals surface area contributed by atoms with Crippen molar-refractivity contribution in [1.29, 1.82) is 5.41 Å². The van der Waals surface area contributed by atoms with Crippen LogP contribution in [0.25, 0.3) is 0 Å². The Labute approximate surface area is 86.5 Å². The number of rotatable bonds is 0. The van der Waals surface area contributed by atoms with E-state index in [1.165, 1.54) is 0 Å². The minimum atomic E-state index is -3.58. The Morgan fingerprint density at radius 1 is 1.08 bits per heavy atom. The van der Waals surface area contributed by atoms with Gasteiger partial charge in [-0.3, -0.25) is 0 Å². The van der Waals surface area contributed by atoms with Gasteiger partial charge in [0.05, 0.1) is 5.16 Å². The molecule has 0 aliphatic rings. The molecule has 13 heavy (non-hydrogen) atoms. The normalized spacial score (nSPS) is 7.00. The first-order chi connectivity index (χ1) is 6.15. The van der Waals surface area contributed by atoms with Crippen LogP contribution < -0.4 is 0 Å². The van der Waals surface area contributed by atoms with Gasteiger partial charge in [-0.2, -0.15) is 0 Å². The van der Waals surface area contributed by atoms with Crippen LogP contribution in [0.5, 0.6) is 0 Å². The molecule has 0 radical (unpaired) electrons. The first-order valence-electron chi connectivity index (χ1n) is 3.11. The molecule has 3 N–H and O–H groups in total. The van der Waals surface area contributed by atoms with Crippen molar-refractivity contribution in [3.8, 4) is 0 Å². The summed E-state index contributed by atoms with van der Waals surface area (Å²) in [5, 5.41) is 7.36. The quantitative estimate of drug-likeness (QED) is 0.361. The Morgan fingerprint density at radius 3 is 1.23 bits per heavy atom. The minimum absolute atomic E-state index is 1.58. The van der Waals surface area contributed by atoms with Crippen molar-refractivity contribution in [3.05, 3.63) is 36.4 Å². The average Bonchev–Trinajstić information content (AvgIpc) is 2.08. The fourth-order valence-corrected chi connectivity index (χ4v) is 0.385. The number of hydrogen-bond donors (Lipinski definition) is 3. The zero-order valence-corrected chi connectivity index (χ0v) is 9.59. The first-order valence-corrected chi connectivity index (χ1v) is 6.25. The molecule has 0 fully saturated rings. The third-order valence-electron chi connectivity index (χ3n) is 0.667. The molecule has 0 unspecified atom stereocenters. The van der Waals surface area contributed by atoms with Gasteiger partial charge in [0.25, 0.3) is 0 Å². The van der Waals surface area contributed by atoms with Crippen molar-refractivity contribution >= 4 is 32.7 Å². The Morgan fingerprint density at radius 2 is 1.15 bits per heavy atom. The van der Waals surface area contributed by atoms with Gasteiger partial charge in [0.15, 0.2) is 0 Å². The molecule has 1 rings (SSSR count). The van der Waals surface area contributed by atoms with Gasteiger partial charge in [-0.05, 0) is 12.2 Å². The van der Waals surface area contributed by atoms with Crippen molar-refractivity contribution in [1.82, 2.24) is 0 Å². The van der Waals surface area contributed by atoms with Gasteiger partial charge in [0.2, 0.25) is 0 Å². The summed E-state index contributed by atoms with van der Waals surface area (Å²) in [5.74, 6) is 0. The van der Waals surface area contributed by atoms with Gasteiger partial charge < -0.3 is 0 Å². The number of hydrogen-bond acceptors (Lipinski definition) is 3. The Kier molecular flexibility index (Phi) is 15.8. The van der Waals surface area contributed by atoms with Crippen LogP contribution in [0.15, 0.2) is 36.4 Å². The summed E-state index contributed by atoms with van der Waals surface area (Å²) in [7, 11) is 0. The fraction of sp³-hybridized carbons (Fsp3) is 0. The number of benzene rings is 1. The van der Waals surface area contributed by atoms with Crippen LogP contribution in [-0.2, 0) is 3.74 Å². The van der Waals surface area contributed by atoms with E-state index in [4.69, 9.17) is 17.3 Å². The molecule has 1 aromatic carbocycles. The monoisotopic (exact) mass is 263 g/mol. The molecule has 6 heteroatoms. The van der Waals surface area contributed by atoms with Crippen molar-refractivity contribution in [2.45, 2.75) is 0 Å². The summed E-state index contributed by atoms with van der Waals surface area (Å²) in [4.78, 5) is 0. The van der Waals surface area contributed by atoms with Gasteiger partial charge in [0, 0.05) is 0 Å². The van der Waals surface area contributed by atoms with Gasteiger partial charge in [-0.15, -0.1) is 0 Å². The summed E-state index contributed by atoms with van der Waals surface area (Å²) in [5.41, 5.74) is 0. The maximum atomic E-state index is 8.81. The Balaban J connectivity index is 0. The third-order valence-corrected chi connectivity index (χ3v) is 0.667. The van der Waals surface area contributed by atoms with Gasteiger partial charge >= 0.3 is 27.2 Å². The van der Waals surface area contributed by atoms with Crippen LogP contribution in [0, 0.1) is 5.41 Å². The largest absolute Gasteiger partial charge is 0.0623 e. The van der Waals surface area contributed by atoms with Crippen LogP contribution in [0.1, 0.15) is 0 Å². The second-order valence-electron chi connectivity index (χ2n) is 1.54. The van der Waals surface area contributed by atoms with Crippen molar-refractivity contribution in [2.75, 3.05) is 0 Å². The summed E-state index contributed by atoms with van der Waals surface area (Å²) in [6.07, 6.45) is 0. The van der Waals surface area contributed by atoms with Crippen molar-refractivity contribution < 1.29 is 11.9 Å². The van der Waals surface area contributed by atoms with Crippen LogP contribution in [0.3, 0.4) is 0 Å². The molecule has 0 aromatic heterocycles. The smallest absolute Gasteiger partial charge is 0.0623 e. The van der Waals surface area contributed by atoms with E-state index in [1.54, 1.807) is 5.16 Å². The fourth-order valence-electron chi connectivity index (χ4n) is 0.385. The van der Waals surface area contributed by atoms with Crippen LogP contribution in [0.4, 0.5) is 0 Å². The molecule has 0 aliphatic heterocycles. The van der Waals surface area contributed by atoms with E-state index in [9.17, 15) is 0 Å². The maximum absolute atomic E-state index is 8.81. The van der Waals surface area contributed by atoms with E-state index in [-0.39, 0.29) is 0 Å². The Bertz CT molecular complexity index is 218. The second kappa shape index (κ2) is 13.9. The van der Waals surface area contributed by atoms with E-state index < -0.39 is 15.3 Å². The van der Waals surface area contributed by atoms with E-state index in [0.29, 0.717) is 0 Å². The molecule has 0 amide bonds. The van der Waals surface area contributed by atoms with Crippen LogP contribution >= 0.6 is 12.2 Å². The van der Waals surface area contributed by atoms with E-state index in [1.807, 2.05) is 36.4 Å². The summed E-state index contributed by atoms with van der Waals surface area (Å²) < 4.78 is 23.2. The minimum Gasteiger partial charge on any atom is -0.0623 e. The molecule has 1 aromatic rings. The molecule has 0 spiro atoms. The number of nitrogens with one attached hydrogen (secondary N) is 1. The summed E-state index contributed by atoms with van der Waals surface area (Å²) in [6, 6.07) is 12.0. The molecular formula is C7H10AsNO3S. The van der Waals surface area contributed by atoms with Gasteiger partial charge in [0.1, 0.15) is 0 Å². The third kappa shape index (κ3) is 34.8. The molecule has 0 saturated carbocycles. The standard InChI is InChI=1S/C6H6.CHNS.AsH3O3/c1-2-4-6-5-3-1;2-1-3;2-1(3)4/h1-6H;2H;1H,(H2,2,3,4). The van der Waals surface area contributed by atoms with Crippen molar-refractivity contribution in [2.24, 2.45) is 0 Å². The van der Waals surface area contributed by atoms with Crippen molar-refractivity contribution in [3.63, 3.8) is 0 Å². The molecule has 0 heterocycles. The number of thiocarbonyl (C=S) groups is 1. The molecule has 4 nitrogen and oxygen atoms in total. The second-order valence-corrected chi connectivity index (χ2v) is 2.93. The van der Waals surface area contributed by atoms with E-state index in [0.717, 1.165) is 0 Å². The van der Waals surface area contributed by atoms with E-state index >= 15 is 0 Å². The van der Waals surface area contributed by atoms with E-state index in [2.05, 4.69) is 12.2 Å². The Hall–Kier alpha value is -0.702. The molecule has 72 valence electrons. The zero-order chi connectivity index (χ0) is 10.5. The summed E-state index contributed by atoms with van der Waals surface area (Å²) in [6.45, 7) is 0.